The van der Waals surface area contributed by atoms with E-state index in [0.29, 0.717) is 19.5 Å². The van der Waals surface area contributed by atoms with Crippen molar-refractivity contribution in [1.29, 1.82) is 0 Å². The summed E-state index contributed by atoms with van der Waals surface area (Å²) >= 11 is 0. The first-order valence-corrected chi connectivity index (χ1v) is 14.6. The van der Waals surface area contributed by atoms with Crippen LogP contribution < -0.4 is 0 Å². The number of hydrogen-bond donors (Lipinski definition) is 0. The minimum atomic E-state index is -0.871. The van der Waals surface area contributed by atoms with Crippen molar-refractivity contribution in [3.05, 3.63) is 83.9 Å². The summed E-state index contributed by atoms with van der Waals surface area (Å²) in [5, 5.41) is 2.16. The predicted molar refractivity (Wildman–Crippen MR) is 166 cm³/mol. The molecule has 3 amide bonds. The van der Waals surface area contributed by atoms with Gasteiger partial charge in [-0.15, -0.1) is 0 Å². The molecule has 0 radical (unpaired) electrons. The molecule has 42 heavy (non-hydrogen) atoms. The third-order valence-electron chi connectivity index (χ3n) is 7.86. The molecule has 0 spiro atoms. The summed E-state index contributed by atoms with van der Waals surface area (Å²) in [5.74, 6) is -0.382. The van der Waals surface area contributed by atoms with Gasteiger partial charge in [0.05, 0.1) is 0 Å². The molecule has 4 rings (SSSR count). The summed E-state index contributed by atoms with van der Waals surface area (Å²) in [6.07, 6.45) is 0.0810. The molecule has 8 nitrogen and oxygen atoms in total. The lowest BCUT2D eigenvalue weighted by Crippen LogP contribution is -2.58. The van der Waals surface area contributed by atoms with E-state index in [1.165, 1.54) is 4.90 Å². The maximum absolute atomic E-state index is 14.4. The summed E-state index contributed by atoms with van der Waals surface area (Å²) in [5.41, 5.74) is 1.16. The highest BCUT2D eigenvalue weighted by Gasteiger charge is 2.38. The van der Waals surface area contributed by atoms with Crippen LogP contribution in [0.3, 0.4) is 0 Å². The molecular weight excluding hydrogens is 528 g/mol. The number of carbonyl (C=O) groups is 3. The number of nitrogens with zero attached hydrogens (tertiary/aromatic N) is 4. The number of carbonyl (C=O) groups excluding carboxylic acids is 3. The van der Waals surface area contributed by atoms with Crippen LogP contribution in [-0.2, 0) is 27.2 Å². The van der Waals surface area contributed by atoms with Gasteiger partial charge >= 0.3 is 6.09 Å². The molecule has 0 bridgehead atoms. The lowest BCUT2D eigenvalue weighted by molar-refractivity contribution is -0.148. The van der Waals surface area contributed by atoms with Crippen LogP contribution >= 0.6 is 0 Å². The van der Waals surface area contributed by atoms with Gasteiger partial charge in [-0.2, -0.15) is 0 Å². The second-order valence-electron chi connectivity index (χ2n) is 12.3. The molecule has 1 fully saturated rings. The smallest absolute Gasteiger partial charge is 0.410 e. The quantitative estimate of drug-likeness (QED) is 0.399. The van der Waals surface area contributed by atoms with Crippen LogP contribution in [0, 0.1) is 0 Å². The molecule has 224 valence electrons. The van der Waals surface area contributed by atoms with Crippen LogP contribution in [0.15, 0.2) is 72.8 Å². The number of likely N-dealkylation sites (N-methyl/N-ethyl adjacent to an activating group) is 3. The van der Waals surface area contributed by atoms with Gasteiger partial charge in [0, 0.05) is 53.1 Å². The van der Waals surface area contributed by atoms with Crippen LogP contribution in [0.5, 0.6) is 0 Å². The molecule has 8 heteroatoms. The van der Waals surface area contributed by atoms with E-state index in [1.54, 1.807) is 39.8 Å². The van der Waals surface area contributed by atoms with Gasteiger partial charge in [0.25, 0.3) is 0 Å². The topological polar surface area (TPSA) is 73.4 Å². The van der Waals surface area contributed by atoms with E-state index in [1.807, 2.05) is 78.7 Å². The summed E-state index contributed by atoms with van der Waals surface area (Å²) in [6, 6.07) is 22.3. The fourth-order valence-corrected chi connectivity index (χ4v) is 5.29. The Bertz CT molecular complexity index is 1380. The first-order chi connectivity index (χ1) is 19.9. The number of benzene rings is 3. The Balaban J connectivity index is 1.66. The molecule has 0 aliphatic carbocycles. The van der Waals surface area contributed by atoms with E-state index in [9.17, 15) is 14.4 Å². The monoisotopic (exact) mass is 572 g/mol. The third kappa shape index (κ3) is 7.88. The van der Waals surface area contributed by atoms with Gasteiger partial charge in [0.1, 0.15) is 17.7 Å². The molecule has 0 saturated carbocycles. The molecule has 1 aliphatic rings. The maximum atomic E-state index is 14.4. The van der Waals surface area contributed by atoms with Crippen molar-refractivity contribution in [1.82, 2.24) is 19.6 Å². The van der Waals surface area contributed by atoms with E-state index in [4.69, 9.17) is 4.74 Å². The zero-order chi connectivity index (χ0) is 30.4. The summed E-state index contributed by atoms with van der Waals surface area (Å²) in [6.45, 7) is 8.20. The molecule has 1 saturated heterocycles. The van der Waals surface area contributed by atoms with Gasteiger partial charge in [0.15, 0.2) is 0 Å². The summed E-state index contributed by atoms with van der Waals surface area (Å²) in [4.78, 5) is 48.6. The Labute approximate surface area is 249 Å². The predicted octanol–water partition coefficient (Wildman–Crippen LogP) is 4.46. The summed E-state index contributed by atoms with van der Waals surface area (Å²) < 4.78 is 5.66. The Kier molecular flexibility index (Phi) is 9.89. The standard InChI is InChI=1S/C34H44N4O4/c1-34(2,3)42-33(41)37(6)29(24-26-16-17-27-14-10-11-15-28(27)22-26)31(39)36(5)30(23-25-12-8-7-9-13-25)32(40)38-20-18-35(4)19-21-38/h7-17,22,29-30H,18-21,23-24H2,1-6H3/t29-,30-/m1/s1. The molecule has 1 heterocycles. The van der Waals surface area contributed by atoms with E-state index in [-0.39, 0.29) is 18.2 Å². The molecule has 1 aliphatic heterocycles. The minimum absolute atomic E-state index is 0.0767. The van der Waals surface area contributed by atoms with E-state index < -0.39 is 23.8 Å². The van der Waals surface area contributed by atoms with E-state index >= 15 is 0 Å². The van der Waals surface area contributed by atoms with Crippen molar-refractivity contribution >= 4 is 28.7 Å². The number of hydrogen-bond acceptors (Lipinski definition) is 5. The second kappa shape index (κ2) is 13.4. The highest BCUT2D eigenvalue weighted by atomic mass is 16.6. The van der Waals surface area contributed by atoms with Crippen molar-refractivity contribution in [3.63, 3.8) is 0 Å². The average Bonchev–Trinajstić information content (AvgIpc) is 2.97. The van der Waals surface area contributed by atoms with Gasteiger partial charge in [0.2, 0.25) is 11.8 Å². The number of ether oxygens (including phenoxy) is 1. The van der Waals surface area contributed by atoms with Gasteiger partial charge in [-0.3, -0.25) is 14.5 Å². The second-order valence-corrected chi connectivity index (χ2v) is 12.3. The van der Waals surface area contributed by atoms with Crippen molar-refractivity contribution in [3.8, 4) is 0 Å². The van der Waals surface area contributed by atoms with Crippen LogP contribution in [0.25, 0.3) is 10.8 Å². The highest BCUT2D eigenvalue weighted by Crippen LogP contribution is 2.22. The molecule has 0 N–H and O–H groups in total. The van der Waals surface area contributed by atoms with Crippen molar-refractivity contribution < 1.29 is 19.1 Å². The summed E-state index contributed by atoms with van der Waals surface area (Å²) in [7, 11) is 5.32. The number of fused-ring (bicyclic) bond motifs is 1. The SMILES string of the molecule is CN1CCN(C(=O)[C@@H](Cc2ccccc2)N(C)C(=O)[C@@H](Cc2ccc3ccccc3c2)N(C)C(=O)OC(C)(C)C)CC1. The molecule has 0 unspecified atom stereocenters. The Morgan fingerprint density at radius 3 is 2.00 bits per heavy atom. The highest BCUT2D eigenvalue weighted by molar-refractivity contribution is 5.92. The Morgan fingerprint density at radius 2 is 1.36 bits per heavy atom. The van der Waals surface area contributed by atoms with Gasteiger partial charge in [-0.25, -0.2) is 4.79 Å². The fourth-order valence-electron chi connectivity index (χ4n) is 5.29. The van der Waals surface area contributed by atoms with Gasteiger partial charge in [-0.05, 0) is 49.7 Å². The average molecular weight is 573 g/mol. The lowest BCUT2D eigenvalue weighted by Gasteiger charge is -2.39. The minimum Gasteiger partial charge on any atom is -0.444 e. The fraction of sp³-hybridized carbons (Fsp3) is 0.441. The van der Waals surface area contributed by atoms with Crippen LogP contribution in [0.1, 0.15) is 31.9 Å². The maximum Gasteiger partial charge on any atom is 0.410 e. The zero-order valence-corrected chi connectivity index (χ0v) is 25.7. The molecule has 2 atom stereocenters. The van der Waals surface area contributed by atoms with Gasteiger partial charge in [-0.1, -0.05) is 72.8 Å². The molecular formula is C34H44N4O4. The van der Waals surface area contributed by atoms with Crippen LogP contribution in [-0.4, -0.2) is 103 Å². The van der Waals surface area contributed by atoms with E-state index in [0.717, 1.165) is 35.0 Å². The molecule has 3 aromatic carbocycles. The molecule has 3 aromatic rings. The first kappa shape index (κ1) is 31.0. The van der Waals surface area contributed by atoms with Crippen LogP contribution in [0.4, 0.5) is 4.79 Å². The lowest BCUT2D eigenvalue weighted by atomic mass is 9.98. The number of rotatable bonds is 8. The zero-order valence-electron chi connectivity index (χ0n) is 25.7. The van der Waals surface area contributed by atoms with Crippen molar-refractivity contribution in [2.75, 3.05) is 47.3 Å². The normalized spacial score (nSPS) is 15.6. The van der Waals surface area contributed by atoms with Crippen LogP contribution in [0.2, 0.25) is 0 Å². The Morgan fingerprint density at radius 1 is 0.762 bits per heavy atom. The number of piperazine rings is 1. The largest absolute Gasteiger partial charge is 0.444 e. The van der Waals surface area contributed by atoms with Crippen molar-refractivity contribution in [2.45, 2.75) is 51.3 Å². The molecule has 0 aromatic heterocycles. The first-order valence-electron chi connectivity index (χ1n) is 14.6. The van der Waals surface area contributed by atoms with Crippen molar-refractivity contribution in [2.24, 2.45) is 0 Å². The Hall–Kier alpha value is -3.91. The number of amides is 3. The third-order valence-corrected chi connectivity index (χ3v) is 7.86. The van der Waals surface area contributed by atoms with Gasteiger partial charge < -0.3 is 19.4 Å². The van der Waals surface area contributed by atoms with E-state index in [2.05, 4.69) is 11.0 Å².